The maximum absolute atomic E-state index is 12.5. The van der Waals surface area contributed by atoms with Crippen LogP contribution in [0.1, 0.15) is 34.8 Å². The number of benzene rings is 2. The van der Waals surface area contributed by atoms with Gasteiger partial charge in [-0.15, -0.1) is 0 Å². The van der Waals surface area contributed by atoms with Gasteiger partial charge in [-0.05, 0) is 53.0 Å². The largest absolute Gasteiger partial charge is 0.492 e. The second-order valence-electron chi connectivity index (χ2n) is 4.64. The number of ketones is 1. The number of carbonyl (C=O) groups excluding carboxylic acids is 1. The quantitative estimate of drug-likeness (QED) is 0.736. The normalized spacial score (nSPS) is 10.3. The molecule has 2 aromatic carbocycles. The molecular formula is C17H17BrO2. The third-order valence-corrected chi connectivity index (χ3v) is 3.67. The van der Waals surface area contributed by atoms with E-state index in [0.717, 1.165) is 27.8 Å². The summed E-state index contributed by atoms with van der Waals surface area (Å²) >= 11 is 3.46. The van der Waals surface area contributed by atoms with Gasteiger partial charge in [-0.3, -0.25) is 4.79 Å². The van der Waals surface area contributed by atoms with Crippen LogP contribution in [0.2, 0.25) is 0 Å². The minimum atomic E-state index is 0.0332. The van der Waals surface area contributed by atoms with E-state index in [9.17, 15) is 4.79 Å². The number of ether oxygens (including phenoxy) is 1. The van der Waals surface area contributed by atoms with Crippen LogP contribution in [0.3, 0.4) is 0 Å². The zero-order valence-corrected chi connectivity index (χ0v) is 13.2. The lowest BCUT2D eigenvalue weighted by molar-refractivity contribution is 0.103. The van der Waals surface area contributed by atoms with Crippen LogP contribution in [0.25, 0.3) is 0 Å². The topological polar surface area (TPSA) is 26.3 Å². The molecule has 0 aliphatic rings. The SMILES string of the molecule is CCCOc1ccc(C(=O)c2ccccc2C)cc1Br. The summed E-state index contributed by atoms with van der Waals surface area (Å²) in [4.78, 5) is 12.5. The lowest BCUT2D eigenvalue weighted by atomic mass is 9.99. The van der Waals surface area contributed by atoms with Crippen LogP contribution in [-0.2, 0) is 0 Å². The molecule has 0 aliphatic heterocycles. The van der Waals surface area contributed by atoms with Crippen LogP contribution in [0.15, 0.2) is 46.9 Å². The van der Waals surface area contributed by atoms with Gasteiger partial charge in [-0.1, -0.05) is 31.2 Å². The van der Waals surface area contributed by atoms with Gasteiger partial charge in [-0.2, -0.15) is 0 Å². The molecule has 0 fully saturated rings. The van der Waals surface area contributed by atoms with E-state index in [1.807, 2.05) is 49.4 Å². The van der Waals surface area contributed by atoms with Gasteiger partial charge in [-0.25, -0.2) is 0 Å². The molecule has 20 heavy (non-hydrogen) atoms. The van der Waals surface area contributed by atoms with E-state index in [1.165, 1.54) is 0 Å². The Bertz CT molecular complexity index is 620. The molecule has 0 spiro atoms. The van der Waals surface area contributed by atoms with Gasteiger partial charge >= 0.3 is 0 Å². The van der Waals surface area contributed by atoms with Crippen molar-refractivity contribution >= 4 is 21.7 Å². The molecular weight excluding hydrogens is 316 g/mol. The average Bonchev–Trinajstić information content (AvgIpc) is 2.46. The zero-order valence-electron chi connectivity index (χ0n) is 11.7. The van der Waals surface area contributed by atoms with Gasteiger partial charge in [0.25, 0.3) is 0 Å². The minimum Gasteiger partial charge on any atom is -0.492 e. The van der Waals surface area contributed by atoms with E-state index >= 15 is 0 Å². The maximum atomic E-state index is 12.5. The molecule has 0 amide bonds. The molecule has 0 aliphatic carbocycles. The van der Waals surface area contributed by atoms with Crippen molar-refractivity contribution in [3.05, 3.63) is 63.6 Å². The molecule has 0 N–H and O–H groups in total. The highest BCUT2D eigenvalue weighted by atomic mass is 79.9. The van der Waals surface area contributed by atoms with Crippen molar-refractivity contribution in [3.8, 4) is 5.75 Å². The van der Waals surface area contributed by atoms with Gasteiger partial charge < -0.3 is 4.74 Å². The molecule has 2 rings (SSSR count). The van der Waals surface area contributed by atoms with E-state index in [1.54, 1.807) is 0 Å². The fourth-order valence-corrected chi connectivity index (χ4v) is 2.45. The first-order chi connectivity index (χ1) is 9.63. The van der Waals surface area contributed by atoms with Crippen LogP contribution in [-0.4, -0.2) is 12.4 Å². The molecule has 0 heterocycles. The molecule has 0 saturated carbocycles. The Labute approximate surface area is 127 Å². The first-order valence-corrected chi connectivity index (χ1v) is 7.45. The Morgan fingerprint density at radius 1 is 1.20 bits per heavy atom. The second kappa shape index (κ2) is 6.71. The number of hydrogen-bond donors (Lipinski definition) is 0. The molecule has 3 heteroatoms. The molecule has 104 valence electrons. The number of rotatable bonds is 5. The molecule has 0 bridgehead atoms. The zero-order chi connectivity index (χ0) is 14.5. The number of carbonyl (C=O) groups is 1. The van der Waals surface area contributed by atoms with Crippen molar-refractivity contribution in [2.75, 3.05) is 6.61 Å². The molecule has 0 atom stereocenters. The van der Waals surface area contributed by atoms with Crippen molar-refractivity contribution in [2.24, 2.45) is 0 Å². The highest BCUT2D eigenvalue weighted by Crippen LogP contribution is 2.27. The lowest BCUT2D eigenvalue weighted by Gasteiger charge is -2.09. The van der Waals surface area contributed by atoms with Crippen molar-refractivity contribution in [1.82, 2.24) is 0 Å². The predicted octanol–water partition coefficient (Wildman–Crippen LogP) is 4.78. The van der Waals surface area contributed by atoms with Gasteiger partial charge in [0.05, 0.1) is 11.1 Å². The molecule has 2 nitrogen and oxygen atoms in total. The fourth-order valence-electron chi connectivity index (χ4n) is 1.95. The Hall–Kier alpha value is -1.61. The third kappa shape index (κ3) is 3.28. The van der Waals surface area contributed by atoms with Crippen molar-refractivity contribution in [2.45, 2.75) is 20.3 Å². The Kier molecular flexibility index (Phi) is 4.96. The van der Waals surface area contributed by atoms with E-state index in [2.05, 4.69) is 22.9 Å². The summed E-state index contributed by atoms with van der Waals surface area (Å²) in [5, 5.41) is 0. The van der Waals surface area contributed by atoms with Gasteiger partial charge in [0, 0.05) is 11.1 Å². The highest BCUT2D eigenvalue weighted by Gasteiger charge is 2.13. The smallest absolute Gasteiger partial charge is 0.193 e. The predicted molar refractivity (Wildman–Crippen MR) is 84.5 cm³/mol. The maximum Gasteiger partial charge on any atom is 0.193 e. The lowest BCUT2D eigenvalue weighted by Crippen LogP contribution is -2.04. The van der Waals surface area contributed by atoms with Crippen LogP contribution < -0.4 is 4.74 Å². The molecule has 0 radical (unpaired) electrons. The van der Waals surface area contributed by atoms with Crippen LogP contribution in [0, 0.1) is 6.92 Å². The van der Waals surface area contributed by atoms with E-state index < -0.39 is 0 Å². The van der Waals surface area contributed by atoms with Crippen molar-refractivity contribution in [1.29, 1.82) is 0 Å². The van der Waals surface area contributed by atoms with Gasteiger partial charge in [0.15, 0.2) is 5.78 Å². The Morgan fingerprint density at radius 2 is 1.95 bits per heavy atom. The summed E-state index contributed by atoms with van der Waals surface area (Å²) in [5.41, 5.74) is 2.39. The average molecular weight is 333 g/mol. The molecule has 0 aromatic heterocycles. The second-order valence-corrected chi connectivity index (χ2v) is 5.49. The first kappa shape index (κ1) is 14.8. The molecule has 2 aromatic rings. The third-order valence-electron chi connectivity index (χ3n) is 3.05. The van der Waals surface area contributed by atoms with Crippen molar-refractivity contribution in [3.63, 3.8) is 0 Å². The highest BCUT2D eigenvalue weighted by molar-refractivity contribution is 9.10. The summed E-state index contributed by atoms with van der Waals surface area (Å²) in [6.07, 6.45) is 0.955. The number of aryl methyl sites for hydroxylation is 1. The number of halogens is 1. The van der Waals surface area contributed by atoms with Gasteiger partial charge in [0.2, 0.25) is 0 Å². The first-order valence-electron chi connectivity index (χ1n) is 6.66. The standard InChI is InChI=1S/C17H17BrO2/c1-3-10-20-16-9-8-13(11-15(16)18)17(19)14-7-5-4-6-12(14)2/h4-9,11H,3,10H2,1-2H3. The van der Waals surface area contributed by atoms with Crippen molar-refractivity contribution < 1.29 is 9.53 Å². The monoisotopic (exact) mass is 332 g/mol. The van der Waals surface area contributed by atoms with E-state index in [-0.39, 0.29) is 5.78 Å². The molecule has 0 unspecified atom stereocenters. The fraction of sp³-hybridized carbons (Fsp3) is 0.235. The minimum absolute atomic E-state index is 0.0332. The summed E-state index contributed by atoms with van der Waals surface area (Å²) in [7, 11) is 0. The summed E-state index contributed by atoms with van der Waals surface area (Å²) in [5.74, 6) is 0.805. The Balaban J connectivity index is 2.28. The van der Waals surface area contributed by atoms with E-state index in [0.29, 0.717) is 12.2 Å². The summed E-state index contributed by atoms with van der Waals surface area (Å²) < 4.78 is 6.40. The Morgan fingerprint density at radius 3 is 2.60 bits per heavy atom. The van der Waals surface area contributed by atoms with Gasteiger partial charge in [0.1, 0.15) is 5.75 Å². The number of hydrogen-bond acceptors (Lipinski definition) is 2. The van der Waals surface area contributed by atoms with Crippen LogP contribution >= 0.6 is 15.9 Å². The molecule has 0 saturated heterocycles. The summed E-state index contributed by atoms with van der Waals surface area (Å²) in [6.45, 7) is 4.68. The van der Waals surface area contributed by atoms with E-state index in [4.69, 9.17) is 4.74 Å². The van der Waals surface area contributed by atoms with Crippen LogP contribution in [0.4, 0.5) is 0 Å². The van der Waals surface area contributed by atoms with Crippen LogP contribution in [0.5, 0.6) is 5.75 Å². The summed E-state index contributed by atoms with van der Waals surface area (Å²) in [6, 6.07) is 13.1.